The zero-order valence-electron chi connectivity index (χ0n) is 16.5. The molecular formula is C22H34N2O2. The maximum atomic E-state index is 13.3. The number of unbranched alkanes of at least 4 members (excludes halogenated alkanes) is 1. The predicted octanol–water partition coefficient (Wildman–Crippen LogP) is 4.40. The van der Waals surface area contributed by atoms with Crippen LogP contribution in [-0.2, 0) is 4.79 Å². The van der Waals surface area contributed by atoms with E-state index in [0.717, 1.165) is 38.5 Å². The summed E-state index contributed by atoms with van der Waals surface area (Å²) in [4.78, 5) is 28.2. The van der Waals surface area contributed by atoms with Crippen molar-refractivity contribution in [3.05, 3.63) is 35.9 Å². The van der Waals surface area contributed by atoms with Gasteiger partial charge in [-0.1, -0.05) is 50.8 Å². The van der Waals surface area contributed by atoms with Crippen LogP contribution in [0.3, 0.4) is 0 Å². The second kappa shape index (κ2) is 10.3. The fourth-order valence-corrected chi connectivity index (χ4v) is 3.92. The Balaban J connectivity index is 2.28. The first kappa shape index (κ1) is 20.5. The second-order valence-corrected chi connectivity index (χ2v) is 7.66. The molecule has 144 valence electrons. The van der Waals surface area contributed by atoms with Crippen LogP contribution in [0.1, 0.15) is 76.1 Å². The molecule has 1 unspecified atom stereocenters. The fourth-order valence-electron chi connectivity index (χ4n) is 3.92. The van der Waals surface area contributed by atoms with E-state index in [0.29, 0.717) is 12.1 Å². The number of carbonyl (C=O) groups excluding carboxylic acids is 2. The molecule has 0 aromatic heterocycles. The normalized spacial score (nSPS) is 16.3. The summed E-state index contributed by atoms with van der Waals surface area (Å²) in [6, 6.07) is 8.94. The highest BCUT2D eigenvalue weighted by atomic mass is 16.2. The highest BCUT2D eigenvalue weighted by Gasteiger charge is 2.38. The van der Waals surface area contributed by atoms with Gasteiger partial charge in [0.05, 0.1) is 0 Å². The van der Waals surface area contributed by atoms with Gasteiger partial charge >= 0.3 is 0 Å². The van der Waals surface area contributed by atoms with Crippen molar-refractivity contribution < 1.29 is 9.59 Å². The summed E-state index contributed by atoms with van der Waals surface area (Å²) in [5.41, 5.74) is 0.656. The van der Waals surface area contributed by atoms with E-state index in [1.54, 1.807) is 0 Å². The van der Waals surface area contributed by atoms with E-state index in [1.807, 2.05) is 49.1 Å². The molecule has 4 heteroatoms. The van der Waals surface area contributed by atoms with Crippen LogP contribution in [0.4, 0.5) is 0 Å². The molecule has 0 saturated heterocycles. The van der Waals surface area contributed by atoms with Crippen molar-refractivity contribution in [1.29, 1.82) is 0 Å². The monoisotopic (exact) mass is 358 g/mol. The number of hydrogen-bond acceptors (Lipinski definition) is 2. The molecule has 1 saturated carbocycles. The number of nitrogens with zero attached hydrogens (tertiary/aromatic N) is 1. The first-order valence-electron chi connectivity index (χ1n) is 10.2. The van der Waals surface area contributed by atoms with Crippen LogP contribution in [0.15, 0.2) is 30.3 Å². The smallest absolute Gasteiger partial charge is 0.254 e. The Labute approximate surface area is 158 Å². The second-order valence-electron chi connectivity index (χ2n) is 7.66. The Hall–Kier alpha value is -1.84. The molecule has 2 amide bonds. The molecule has 1 aliphatic carbocycles. The maximum Gasteiger partial charge on any atom is 0.254 e. The lowest BCUT2D eigenvalue weighted by Crippen LogP contribution is -2.56. The van der Waals surface area contributed by atoms with Gasteiger partial charge in [-0.05, 0) is 51.2 Å². The number of amides is 2. The molecule has 1 N–H and O–H groups in total. The molecule has 1 aromatic carbocycles. The minimum Gasteiger partial charge on any atom is -0.354 e. The van der Waals surface area contributed by atoms with Crippen molar-refractivity contribution in [3.63, 3.8) is 0 Å². The zero-order valence-corrected chi connectivity index (χ0v) is 16.5. The topological polar surface area (TPSA) is 49.4 Å². The first-order valence-corrected chi connectivity index (χ1v) is 10.2. The molecule has 26 heavy (non-hydrogen) atoms. The highest BCUT2D eigenvalue weighted by Crippen LogP contribution is 2.31. The fraction of sp³-hybridized carbons (Fsp3) is 0.636. The van der Waals surface area contributed by atoms with Crippen molar-refractivity contribution in [1.82, 2.24) is 10.2 Å². The van der Waals surface area contributed by atoms with Gasteiger partial charge in [-0.2, -0.15) is 0 Å². The summed E-state index contributed by atoms with van der Waals surface area (Å²) in [6.45, 7) is 6.82. The number of benzene rings is 1. The Morgan fingerprint density at radius 3 is 2.35 bits per heavy atom. The molecule has 0 bridgehead atoms. The van der Waals surface area contributed by atoms with Crippen LogP contribution in [0.5, 0.6) is 0 Å². The van der Waals surface area contributed by atoms with Gasteiger partial charge < -0.3 is 10.2 Å². The Morgan fingerprint density at radius 2 is 1.77 bits per heavy atom. The summed E-state index contributed by atoms with van der Waals surface area (Å²) >= 11 is 0. The van der Waals surface area contributed by atoms with Crippen LogP contribution in [0, 0.1) is 5.92 Å². The van der Waals surface area contributed by atoms with Gasteiger partial charge in [0.1, 0.15) is 6.04 Å². The number of nitrogens with one attached hydrogen (secondary N) is 1. The lowest BCUT2D eigenvalue weighted by atomic mass is 9.82. The molecule has 4 nitrogen and oxygen atoms in total. The predicted molar refractivity (Wildman–Crippen MR) is 106 cm³/mol. The van der Waals surface area contributed by atoms with Crippen molar-refractivity contribution in [2.24, 2.45) is 5.92 Å². The number of hydrogen-bond donors (Lipinski definition) is 1. The summed E-state index contributed by atoms with van der Waals surface area (Å²) in [7, 11) is 0. The van der Waals surface area contributed by atoms with Crippen LogP contribution < -0.4 is 5.32 Å². The molecule has 0 radical (unpaired) electrons. The molecule has 1 aromatic rings. The van der Waals surface area contributed by atoms with Crippen molar-refractivity contribution in [3.8, 4) is 0 Å². The average Bonchev–Trinajstić information content (AvgIpc) is 2.66. The van der Waals surface area contributed by atoms with Crippen LogP contribution in [0.25, 0.3) is 0 Å². The summed E-state index contributed by atoms with van der Waals surface area (Å²) in [5.74, 6) is 0.227. The molecule has 1 fully saturated rings. The van der Waals surface area contributed by atoms with Gasteiger partial charge in [0.25, 0.3) is 5.91 Å². The van der Waals surface area contributed by atoms with E-state index < -0.39 is 0 Å². The molecular weight excluding hydrogens is 324 g/mol. The SMILES string of the molecule is CCCCNC(=O)C(C1CCCCC1)N(C(=O)c1ccccc1)C(C)C. The third-order valence-electron chi connectivity index (χ3n) is 5.31. The van der Waals surface area contributed by atoms with E-state index in [9.17, 15) is 9.59 Å². The quantitative estimate of drug-likeness (QED) is 0.700. The van der Waals surface area contributed by atoms with Crippen LogP contribution in [-0.4, -0.2) is 35.3 Å². The molecule has 0 heterocycles. The van der Waals surface area contributed by atoms with Crippen LogP contribution >= 0.6 is 0 Å². The first-order chi connectivity index (χ1) is 12.6. The number of carbonyl (C=O) groups is 2. The van der Waals surface area contributed by atoms with Gasteiger partial charge in [-0.25, -0.2) is 0 Å². The van der Waals surface area contributed by atoms with Crippen molar-refractivity contribution in [2.45, 2.75) is 77.8 Å². The minimum atomic E-state index is -0.375. The molecule has 1 atom stereocenters. The lowest BCUT2D eigenvalue weighted by molar-refractivity contribution is -0.128. The molecule has 2 rings (SSSR count). The third-order valence-corrected chi connectivity index (χ3v) is 5.31. The molecule has 0 aliphatic heterocycles. The van der Waals surface area contributed by atoms with Gasteiger partial charge in [0, 0.05) is 18.2 Å². The molecule has 1 aliphatic rings. The van der Waals surface area contributed by atoms with E-state index in [-0.39, 0.29) is 29.8 Å². The third kappa shape index (κ3) is 5.33. The zero-order chi connectivity index (χ0) is 18.9. The average molecular weight is 359 g/mol. The lowest BCUT2D eigenvalue weighted by Gasteiger charge is -2.40. The van der Waals surface area contributed by atoms with Gasteiger partial charge in [0.15, 0.2) is 0 Å². The van der Waals surface area contributed by atoms with Crippen molar-refractivity contribution >= 4 is 11.8 Å². The van der Waals surface area contributed by atoms with E-state index >= 15 is 0 Å². The summed E-state index contributed by atoms with van der Waals surface area (Å²) in [6.07, 6.45) is 7.59. The Kier molecular flexibility index (Phi) is 8.14. The van der Waals surface area contributed by atoms with Gasteiger partial charge in [-0.3, -0.25) is 9.59 Å². The van der Waals surface area contributed by atoms with E-state index in [2.05, 4.69) is 12.2 Å². The van der Waals surface area contributed by atoms with E-state index in [4.69, 9.17) is 0 Å². The minimum absolute atomic E-state index is 0.0170. The standard InChI is InChI=1S/C22H34N2O2/c1-4-5-16-23-21(25)20(18-12-8-6-9-13-18)24(17(2)3)22(26)19-14-10-7-11-15-19/h7,10-11,14-15,17-18,20H,4-6,8-9,12-13,16H2,1-3H3,(H,23,25). The Bertz CT molecular complexity index is 565. The number of rotatable bonds is 8. The summed E-state index contributed by atoms with van der Waals surface area (Å²) < 4.78 is 0. The largest absolute Gasteiger partial charge is 0.354 e. The van der Waals surface area contributed by atoms with Gasteiger partial charge in [-0.15, -0.1) is 0 Å². The molecule has 0 spiro atoms. The highest BCUT2D eigenvalue weighted by molar-refractivity contribution is 5.97. The van der Waals surface area contributed by atoms with Gasteiger partial charge in [0.2, 0.25) is 5.91 Å². The summed E-state index contributed by atoms with van der Waals surface area (Å²) in [5, 5.41) is 3.09. The Morgan fingerprint density at radius 1 is 1.12 bits per heavy atom. The van der Waals surface area contributed by atoms with E-state index in [1.165, 1.54) is 6.42 Å². The van der Waals surface area contributed by atoms with Crippen LogP contribution in [0.2, 0.25) is 0 Å². The maximum absolute atomic E-state index is 13.3. The van der Waals surface area contributed by atoms with Crippen molar-refractivity contribution in [2.75, 3.05) is 6.54 Å².